The number of hydrogen-bond acceptors (Lipinski definition) is 7. The van der Waals surface area contributed by atoms with Crippen molar-refractivity contribution in [2.45, 2.75) is 78.9 Å². The molecule has 2 N–H and O–H groups in total. The van der Waals surface area contributed by atoms with Crippen molar-refractivity contribution < 1.29 is 18.8 Å². The average molecular weight is 519 g/mol. The number of carbonyl (C=O) groups excluding carboxylic acids is 2. The zero-order chi connectivity index (χ0) is 27.8. The van der Waals surface area contributed by atoms with Gasteiger partial charge in [0.15, 0.2) is 5.82 Å². The van der Waals surface area contributed by atoms with Crippen molar-refractivity contribution >= 4 is 23.7 Å². The van der Waals surface area contributed by atoms with Crippen molar-refractivity contribution in [3.05, 3.63) is 47.2 Å². The lowest BCUT2D eigenvalue weighted by atomic mass is 10.0. The van der Waals surface area contributed by atoms with Gasteiger partial charge in [-0.3, -0.25) is 15.4 Å². The number of benzene rings is 1. The molecule has 10 heteroatoms. The molecule has 0 aliphatic heterocycles. The number of ether oxygens (including phenoxy) is 1. The van der Waals surface area contributed by atoms with Gasteiger partial charge in [-0.15, -0.1) is 0 Å². The molecule has 0 bridgehead atoms. The summed E-state index contributed by atoms with van der Waals surface area (Å²) in [5.74, 6) is 0.756. The summed E-state index contributed by atoms with van der Waals surface area (Å²) >= 11 is 0. The van der Waals surface area contributed by atoms with Gasteiger partial charge in [0.2, 0.25) is 11.8 Å². The third-order valence-corrected chi connectivity index (χ3v) is 6.38. The average Bonchev–Trinajstić information content (AvgIpc) is 3.11. The fourth-order valence-electron chi connectivity index (χ4n) is 4.27. The molecule has 1 aliphatic carbocycles. The first kappa shape index (κ1) is 26.9. The molecular weight excluding hydrogens is 484 g/mol. The molecule has 1 saturated carbocycles. The third-order valence-electron chi connectivity index (χ3n) is 6.38. The number of anilines is 2. The first-order valence-electron chi connectivity index (χ1n) is 12.7. The molecule has 1 fully saturated rings. The van der Waals surface area contributed by atoms with Crippen molar-refractivity contribution in [1.29, 1.82) is 5.26 Å². The number of aromatic nitrogens is 3. The van der Waals surface area contributed by atoms with E-state index in [0.717, 1.165) is 17.7 Å². The van der Waals surface area contributed by atoms with Crippen LogP contribution in [0.25, 0.3) is 11.3 Å². The number of hydrogen-bond donors (Lipinski definition) is 2. The van der Waals surface area contributed by atoms with Gasteiger partial charge in [-0.1, -0.05) is 43.3 Å². The first-order valence-corrected chi connectivity index (χ1v) is 12.7. The number of amides is 2. The summed E-state index contributed by atoms with van der Waals surface area (Å²) in [6.45, 7) is 13.5. The Hall–Kier alpha value is -4.13. The number of carbonyl (C=O) groups is 2. The minimum atomic E-state index is -0.686. The predicted molar refractivity (Wildman–Crippen MR) is 143 cm³/mol. The second kappa shape index (κ2) is 9.97. The SMILES string of the molecule is CC(C)n1nc(-c2ccc(CC(=O)Nc3cc(C4CC4(C)C)no3)cc2)c(C#N)c1NC(=O)OC(C)(C)C. The van der Waals surface area contributed by atoms with E-state index < -0.39 is 11.7 Å². The van der Waals surface area contributed by atoms with E-state index in [1.54, 1.807) is 43.7 Å². The molecule has 1 aromatic carbocycles. The molecule has 1 atom stereocenters. The van der Waals surface area contributed by atoms with Gasteiger partial charge in [0, 0.05) is 23.6 Å². The van der Waals surface area contributed by atoms with E-state index >= 15 is 0 Å². The van der Waals surface area contributed by atoms with E-state index in [1.165, 1.54) is 0 Å². The van der Waals surface area contributed by atoms with Gasteiger partial charge in [-0.2, -0.15) is 10.4 Å². The van der Waals surface area contributed by atoms with Crippen molar-refractivity contribution in [1.82, 2.24) is 14.9 Å². The molecule has 3 aromatic rings. The number of rotatable bonds is 7. The minimum Gasteiger partial charge on any atom is -0.444 e. The van der Waals surface area contributed by atoms with Gasteiger partial charge < -0.3 is 9.26 Å². The lowest BCUT2D eigenvalue weighted by molar-refractivity contribution is -0.115. The molecule has 2 heterocycles. The Balaban J connectivity index is 1.47. The standard InChI is InChI=1S/C28H34N6O4/c1-16(2)34-25(31-26(36)37-27(3,4)5)19(15-29)24(32-34)18-10-8-17(9-11-18)12-22(35)30-23-13-21(33-38-23)20-14-28(20,6)7/h8-11,13,16,20H,12,14H2,1-7H3,(H,30,35)(H,31,36). The van der Waals surface area contributed by atoms with Crippen LogP contribution in [-0.2, 0) is 16.0 Å². The highest BCUT2D eigenvalue weighted by atomic mass is 16.6. The van der Waals surface area contributed by atoms with Crippen LogP contribution in [0.5, 0.6) is 0 Å². The lowest BCUT2D eigenvalue weighted by Crippen LogP contribution is -2.28. The molecule has 4 rings (SSSR count). The van der Waals surface area contributed by atoms with Crippen LogP contribution in [0.1, 0.15) is 83.7 Å². The summed E-state index contributed by atoms with van der Waals surface area (Å²) in [6.07, 6.45) is 0.534. The topological polar surface area (TPSA) is 135 Å². The first-order chi connectivity index (χ1) is 17.8. The van der Waals surface area contributed by atoms with Crippen molar-refractivity contribution in [3.8, 4) is 17.3 Å². The number of nitrogens with zero attached hydrogens (tertiary/aromatic N) is 4. The molecule has 200 valence electrons. The fraction of sp³-hybridized carbons (Fsp3) is 0.464. The van der Waals surface area contributed by atoms with Crippen LogP contribution in [-0.4, -0.2) is 32.5 Å². The number of nitriles is 1. The molecule has 38 heavy (non-hydrogen) atoms. The highest BCUT2D eigenvalue weighted by Gasteiger charge is 2.48. The van der Waals surface area contributed by atoms with Crippen LogP contribution < -0.4 is 10.6 Å². The Morgan fingerprint density at radius 3 is 2.45 bits per heavy atom. The molecule has 0 radical (unpaired) electrons. The van der Waals surface area contributed by atoms with Gasteiger partial charge >= 0.3 is 6.09 Å². The van der Waals surface area contributed by atoms with E-state index in [4.69, 9.17) is 9.26 Å². The lowest BCUT2D eigenvalue weighted by Gasteiger charge is -2.20. The Labute approximate surface area is 222 Å². The van der Waals surface area contributed by atoms with Gasteiger partial charge in [0.05, 0.1) is 12.1 Å². The van der Waals surface area contributed by atoms with Gasteiger partial charge in [-0.05, 0) is 52.0 Å². The second-order valence-corrected chi connectivity index (χ2v) is 11.6. The monoisotopic (exact) mass is 518 g/mol. The fourth-order valence-corrected chi connectivity index (χ4v) is 4.27. The smallest absolute Gasteiger partial charge is 0.413 e. The van der Waals surface area contributed by atoms with E-state index in [0.29, 0.717) is 23.1 Å². The van der Waals surface area contributed by atoms with Crippen molar-refractivity contribution in [2.75, 3.05) is 10.6 Å². The van der Waals surface area contributed by atoms with Crippen LogP contribution >= 0.6 is 0 Å². The zero-order valence-corrected chi connectivity index (χ0v) is 22.9. The predicted octanol–water partition coefficient (Wildman–Crippen LogP) is 6.03. The summed E-state index contributed by atoms with van der Waals surface area (Å²) in [5, 5.41) is 24.1. The Bertz CT molecular complexity index is 1390. The van der Waals surface area contributed by atoms with E-state index in [1.807, 2.05) is 26.0 Å². The molecular formula is C28H34N6O4. The molecule has 2 aromatic heterocycles. The Morgan fingerprint density at radius 2 is 1.89 bits per heavy atom. The minimum absolute atomic E-state index is 0.119. The maximum absolute atomic E-state index is 12.6. The second-order valence-electron chi connectivity index (χ2n) is 11.6. The van der Waals surface area contributed by atoms with Crippen LogP contribution in [0.2, 0.25) is 0 Å². The van der Waals surface area contributed by atoms with Crippen LogP contribution in [0.4, 0.5) is 16.5 Å². The summed E-state index contributed by atoms with van der Waals surface area (Å²) in [6, 6.07) is 11.1. The normalized spacial score (nSPS) is 16.1. The van der Waals surface area contributed by atoms with Gasteiger partial charge in [0.25, 0.3) is 0 Å². The van der Waals surface area contributed by atoms with Gasteiger partial charge in [-0.25, -0.2) is 9.48 Å². The van der Waals surface area contributed by atoms with Crippen molar-refractivity contribution in [2.24, 2.45) is 5.41 Å². The largest absolute Gasteiger partial charge is 0.444 e. The van der Waals surface area contributed by atoms with Gasteiger partial charge in [0.1, 0.15) is 22.9 Å². The summed E-state index contributed by atoms with van der Waals surface area (Å²) in [7, 11) is 0. The van der Waals surface area contributed by atoms with E-state index in [2.05, 4.69) is 40.8 Å². The Morgan fingerprint density at radius 1 is 1.24 bits per heavy atom. The molecule has 0 saturated heterocycles. The maximum Gasteiger partial charge on any atom is 0.413 e. The van der Waals surface area contributed by atoms with Crippen LogP contribution in [0, 0.1) is 16.7 Å². The highest BCUT2D eigenvalue weighted by Crippen LogP contribution is 2.58. The third kappa shape index (κ3) is 6.05. The summed E-state index contributed by atoms with van der Waals surface area (Å²) in [5.41, 5.74) is 2.53. The molecule has 1 unspecified atom stereocenters. The maximum atomic E-state index is 12.6. The van der Waals surface area contributed by atoms with E-state index in [-0.39, 0.29) is 35.2 Å². The number of nitrogens with one attached hydrogen (secondary N) is 2. The summed E-state index contributed by atoms with van der Waals surface area (Å²) < 4.78 is 12.2. The molecule has 0 spiro atoms. The van der Waals surface area contributed by atoms with Crippen LogP contribution in [0.15, 0.2) is 34.9 Å². The van der Waals surface area contributed by atoms with E-state index in [9.17, 15) is 14.9 Å². The summed E-state index contributed by atoms with van der Waals surface area (Å²) in [4.78, 5) is 25.0. The van der Waals surface area contributed by atoms with Crippen LogP contribution in [0.3, 0.4) is 0 Å². The zero-order valence-electron chi connectivity index (χ0n) is 22.9. The van der Waals surface area contributed by atoms with Crippen molar-refractivity contribution in [3.63, 3.8) is 0 Å². The molecule has 1 aliphatic rings. The quantitative estimate of drug-likeness (QED) is 0.390. The molecule has 10 nitrogen and oxygen atoms in total. The Kier molecular flexibility index (Phi) is 7.06. The highest BCUT2D eigenvalue weighted by molar-refractivity contribution is 5.91. The molecule has 2 amide bonds.